The van der Waals surface area contributed by atoms with E-state index in [9.17, 15) is 9.18 Å². The van der Waals surface area contributed by atoms with Gasteiger partial charge in [0.1, 0.15) is 29.1 Å². The third kappa shape index (κ3) is 5.00. The number of halogens is 1. The summed E-state index contributed by atoms with van der Waals surface area (Å²) in [4.78, 5) is 24.8. The van der Waals surface area contributed by atoms with Crippen LogP contribution in [0.3, 0.4) is 0 Å². The Morgan fingerprint density at radius 2 is 2.04 bits per heavy atom. The lowest BCUT2D eigenvalue weighted by Crippen LogP contribution is -2.27. The molecule has 0 radical (unpaired) electrons. The second kappa shape index (κ2) is 8.90. The van der Waals surface area contributed by atoms with Gasteiger partial charge in [-0.25, -0.2) is 19.3 Å². The quantitative estimate of drug-likeness (QED) is 0.486. The van der Waals surface area contributed by atoms with E-state index in [0.29, 0.717) is 30.3 Å². The average Bonchev–Trinajstić information content (AvgIpc) is 3.10. The summed E-state index contributed by atoms with van der Waals surface area (Å²) in [7, 11) is 0. The molecule has 28 heavy (non-hydrogen) atoms. The molecule has 0 unspecified atom stereocenters. The summed E-state index contributed by atoms with van der Waals surface area (Å²) in [6.07, 6.45) is 6.31. The normalized spacial score (nSPS) is 11.0. The highest BCUT2D eigenvalue weighted by molar-refractivity contribution is 5.91. The Bertz CT molecular complexity index is 998. The molecule has 0 fully saturated rings. The van der Waals surface area contributed by atoms with Gasteiger partial charge in [-0.3, -0.25) is 9.36 Å². The van der Waals surface area contributed by atoms with Crippen molar-refractivity contribution in [3.05, 3.63) is 71.8 Å². The molecule has 0 saturated heterocycles. The topological polar surface area (TPSA) is 84.7 Å². The number of nitrogens with one attached hydrogen (secondary N) is 2. The highest BCUT2D eigenvalue weighted by atomic mass is 19.1. The molecule has 0 aliphatic rings. The highest BCUT2D eigenvalue weighted by Gasteiger charge is 2.06. The Morgan fingerprint density at radius 1 is 1.21 bits per heavy atom. The van der Waals surface area contributed by atoms with E-state index in [1.165, 1.54) is 18.2 Å². The van der Waals surface area contributed by atoms with Crippen LogP contribution < -0.4 is 10.6 Å². The molecule has 0 atom stereocenters. The minimum atomic E-state index is -0.365. The molecule has 8 heteroatoms. The van der Waals surface area contributed by atoms with Crippen LogP contribution >= 0.6 is 0 Å². The third-order valence-corrected chi connectivity index (χ3v) is 3.95. The summed E-state index contributed by atoms with van der Waals surface area (Å²) in [6, 6.07) is 8.10. The van der Waals surface area contributed by atoms with E-state index in [-0.39, 0.29) is 11.7 Å². The lowest BCUT2D eigenvalue weighted by atomic mass is 10.2. The fourth-order valence-corrected chi connectivity index (χ4v) is 2.60. The van der Waals surface area contributed by atoms with Crippen molar-refractivity contribution >= 4 is 17.8 Å². The molecule has 7 nitrogen and oxygen atoms in total. The van der Waals surface area contributed by atoms with Crippen LogP contribution in [0.25, 0.3) is 11.9 Å². The Kier molecular flexibility index (Phi) is 6.11. The van der Waals surface area contributed by atoms with Gasteiger partial charge in [0.15, 0.2) is 0 Å². The maximum atomic E-state index is 13.5. The molecule has 0 bridgehead atoms. The van der Waals surface area contributed by atoms with Crippen LogP contribution in [0.5, 0.6) is 0 Å². The molecule has 2 N–H and O–H groups in total. The lowest BCUT2D eigenvalue weighted by molar-refractivity contribution is -0.116. The van der Waals surface area contributed by atoms with Crippen molar-refractivity contribution in [1.82, 2.24) is 24.8 Å². The van der Waals surface area contributed by atoms with Gasteiger partial charge in [-0.1, -0.05) is 18.2 Å². The minimum absolute atomic E-state index is 0.293. The predicted molar refractivity (Wildman–Crippen MR) is 106 cm³/mol. The lowest BCUT2D eigenvalue weighted by Gasteiger charge is -2.10. The number of hydrogen-bond donors (Lipinski definition) is 2. The maximum Gasteiger partial charge on any atom is 0.244 e. The van der Waals surface area contributed by atoms with Crippen molar-refractivity contribution in [3.8, 4) is 5.82 Å². The van der Waals surface area contributed by atoms with Gasteiger partial charge < -0.3 is 10.6 Å². The number of hydrogen-bond acceptors (Lipinski definition) is 5. The Morgan fingerprint density at radius 3 is 2.79 bits per heavy atom. The third-order valence-electron chi connectivity index (χ3n) is 3.95. The summed E-state index contributed by atoms with van der Waals surface area (Å²) in [5.74, 6) is 2.19. The predicted octanol–water partition coefficient (Wildman–Crippen LogP) is 2.66. The minimum Gasteiger partial charge on any atom is -0.368 e. The SMILES string of the molecule is Cc1nc(NCCNC(=O)/C=C/c2ccccc2F)cc(-n2ccnc2C)n1. The smallest absolute Gasteiger partial charge is 0.244 e. The first-order chi connectivity index (χ1) is 13.5. The van der Waals surface area contributed by atoms with Gasteiger partial charge >= 0.3 is 0 Å². The first-order valence-electron chi connectivity index (χ1n) is 8.83. The van der Waals surface area contributed by atoms with Gasteiger partial charge in [0, 0.05) is 43.2 Å². The Labute approximate surface area is 162 Å². The van der Waals surface area contributed by atoms with Crippen LogP contribution in [0.1, 0.15) is 17.2 Å². The van der Waals surface area contributed by atoms with Gasteiger partial charge in [-0.2, -0.15) is 0 Å². The van der Waals surface area contributed by atoms with Crippen molar-refractivity contribution in [2.45, 2.75) is 13.8 Å². The number of aryl methyl sites for hydroxylation is 2. The molecule has 2 heterocycles. The molecular formula is C20H21FN6O. The van der Waals surface area contributed by atoms with E-state index >= 15 is 0 Å². The first-order valence-corrected chi connectivity index (χ1v) is 8.83. The zero-order valence-electron chi connectivity index (χ0n) is 15.7. The zero-order chi connectivity index (χ0) is 19.9. The molecule has 0 saturated carbocycles. The van der Waals surface area contributed by atoms with Crippen LogP contribution in [0.4, 0.5) is 10.2 Å². The fraction of sp³-hybridized carbons (Fsp3) is 0.200. The summed E-state index contributed by atoms with van der Waals surface area (Å²) < 4.78 is 15.4. The van der Waals surface area contributed by atoms with Crippen LogP contribution in [0, 0.1) is 19.7 Å². The summed E-state index contributed by atoms with van der Waals surface area (Å²) in [5.41, 5.74) is 0.370. The number of rotatable bonds is 7. The van der Waals surface area contributed by atoms with Gasteiger partial charge in [0.25, 0.3) is 0 Å². The molecule has 0 aliphatic heterocycles. The summed E-state index contributed by atoms with van der Waals surface area (Å²) in [5, 5.41) is 5.90. The fourth-order valence-electron chi connectivity index (χ4n) is 2.60. The number of amides is 1. The molecular weight excluding hydrogens is 359 g/mol. The number of aromatic nitrogens is 4. The molecule has 0 spiro atoms. The molecule has 3 rings (SSSR count). The van der Waals surface area contributed by atoms with Gasteiger partial charge in [0.05, 0.1) is 0 Å². The van der Waals surface area contributed by atoms with E-state index in [2.05, 4.69) is 25.6 Å². The number of nitrogens with zero attached hydrogens (tertiary/aromatic N) is 4. The number of carbonyl (C=O) groups is 1. The molecule has 0 aliphatic carbocycles. The van der Waals surface area contributed by atoms with E-state index in [1.54, 1.807) is 24.4 Å². The zero-order valence-corrected chi connectivity index (χ0v) is 15.7. The number of benzene rings is 1. The number of anilines is 1. The summed E-state index contributed by atoms with van der Waals surface area (Å²) >= 11 is 0. The van der Waals surface area contributed by atoms with E-state index in [0.717, 1.165) is 11.6 Å². The Hall–Kier alpha value is -3.55. The van der Waals surface area contributed by atoms with Crippen molar-refractivity contribution < 1.29 is 9.18 Å². The van der Waals surface area contributed by atoms with E-state index in [4.69, 9.17) is 0 Å². The maximum absolute atomic E-state index is 13.5. The van der Waals surface area contributed by atoms with Crippen molar-refractivity contribution in [2.75, 3.05) is 18.4 Å². The second-order valence-corrected chi connectivity index (χ2v) is 6.08. The molecule has 3 aromatic rings. The monoisotopic (exact) mass is 380 g/mol. The van der Waals surface area contributed by atoms with Crippen molar-refractivity contribution in [1.29, 1.82) is 0 Å². The van der Waals surface area contributed by atoms with Crippen LogP contribution in [0.15, 0.2) is 48.8 Å². The second-order valence-electron chi connectivity index (χ2n) is 6.08. The van der Waals surface area contributed by atoms with Gasteiger partial charge in [0.2, 0.25) is 5.91 Å². The average molecular weight is 380 g/mol. The van der Waals surface area contributed by atoms with Crippen LogP contribution in [-0.4, -0.2) is 38.5 Å². The van der Waals surface area contributed by atoms with Gasteiger partial charge in [-0.15, -0.1) is 0 Å². The summed E-state index contributed by atoms with van der Waals surface area (Å²) in [6.45, 7) is 4.59. The standard InChI is InChI=1S/C20H21FN6O/c1-14-25-18(13-19(26-14)27-12-11-22-15(27)2)23-9-10-24-20(28)8-7-16-5-3-4-6-17(16)21/h3-8,11-13H,9-10H2,1-2H3,(H,24,28)(H,23,25,26)/b8-7+. The van der Waals surface area contributed by atoms with Gasteiger partial charge in [-0.05, 0) is 26.0 Å². The van der Waals surface area contributed by atoms with Crippen molar-refractivity contribution in [3.63, 3.8) is 0 Å². The van der Waals surface area contributed by atoms with Crippen LogP contribution in [0.2, 0.25) is 0 Å². The highest BCUT2D eigenvalue weighted by Crippen LogP contribution is 2.12. The van der Waals surface area contributed by atoms with E-state index < -0.39 is 0 Å². The molecule has 2 aromatic heterocycles. The molecule has 1 amide bonds. The molecule has 1 aromatic carbocycles. The molecule has 144 valence electrons. The number of imidazole rings is 1. The Balaban J connectivity index is 1.51. The van der Waals surface area contributed by atoms with Crippen LogP contribution in [-0.2, 0) is 4.79 Å². The number of carbonyl (C=O) groups excluding carboxylic acids is 1. The van der Waals surface area contributed by atoms with E-state index in [1.807, 2.05) is 30.7 Å². The van der Waals surface area contributed by atoms with Crippen molar-refractivity contribution in [2.24, 2.45) is 0 Å². The largest absolute Gasteiger partial charge is 0.368 e. The first kappa shape index (κ1) is 19.2.